The summed E-state index contributed by atoms with van der Waals surface area (Å²) in [5.41, 5.74) is 7.51. The van der Waals surface area contributed by atoms with Crippen molar-refractivity contribution in [3.8, 4) is 5.75 Å². The maximum absolute atomic E-state index is 9.96. The number of hydrogen-bond acceptors (Lipinski definition) is 2. The maximum atomic E-state index is 9.96. The second kappa shape index (κ2) is 15.1. The second-order valence-electron chi connectivity index (χ2n) is 7.72. The smallest absolute Gasteiger partial charge is 0.507 e. The van der Waals surface area contributed by atoms with Gasteiger partial charge in [-0.2, -0.15) is 0 Å². The van der Waals surface area contributed by atoms with Crippen molar-refractivity contribution in [2.24, 2.45) is 4.99 Å². The van der Waals surface area contributed by atoms with Gasteiger partial charge in [-0.05, 0) is 74.1 Å². The van der Waals surface area contributed by atoms with E-state index in [9.17, 15) is 5.11 Å². The van der Waals surface area contributed by atoms with E-state index in [0.29, 0.717) is 11.7 Å². The van der Waals surface area contributed by atoms with Gasteiger partial charge in [0.05, 0.1) is 5.69 Å². The van der Waals surface area contributed by atoms with E-state index < -0.39 is 0 Å². The van der Waals surface area contributed by atoms with Crippen LogP contribution in [0.2, 0.25) is 0 Å². The Hall–Kier alpha value is -1.77. The molecular weight excluding hydrogens is 547 g/mol. The molecule has 0 aromatic heterocycles. The zero-order chi connectivity index (χ0) is 21.6. The Morgan fingerprint density at radius 2 is 1.38 bits per heavy atom. The molecular formula is C28H36BrNORu. The fourth-order valence-corrected chi connectivity index (χ4v) is 3.66. The van der Waals surface area contributed by atoms with Gasteiger partial charge in [0.25, 0.3) is 0 Å². The van der Waals surface area contributed by atoms with Gasteiger partial charge in [-0.1, -0.05) is 71.7 Å². The molecule has 0 radical (unpaired) electrons. The van der Waals surface area contributed by atoms with Crippen molar-refractivity contribution in [1.29, 1.82) is 0 Å². The number of rotatable bonds is 3. The van der Waals surface area contributed by atoms with Crippen LogP contribution in [0.25, 0.3) is 0 Å². The Bertz CT molecular complexity index is 972. The fraction of sp³-hybridized carbons (Fsp3) is 0.250. The maximum Gasteiger partial charge on any atom is 2.00 e. The Morgan fingerprint density at radius 1 is 0.844 bits per heavy atom. The summed E-state index contributed by atoms with van der Waals surface area (Å²) in [6, 6.07) is 18.4. The number of aryl methyl sites for hydroxylation is 4. The molecule has 1 N–H and O–H groups in total. The predicted octanol–water partition coefficient (Wildman–Crippen LogP) is 8.85. The zero-order valence-corrected chi connectivity index (χ0v) is 23.8. The Kier molecular flexibility index (Phi) is 15.3. The molecule has 0 saturated carbocycles. The standard InChI is InChI=1S/C16H16BrNO.C10H14.2CH3.Ru/c1-10-5-4-6-13(16(10)19)9-18-15-11(2)7-14(17)8-12(15)3;1-8(2)10-6-4-9(3)5-7-10;;;/h4-9,19H,1-3H3;4-8H,1-3H3;2*1H3;/q;;2*-1;+2. The first kappa shape index (κ1) is 32.4. The summed E-state index contributed by atoms with van der Waals surface area (Å²) in [6.07, 6.45) is 1.71. The van der Waals surface area contributed by atoms with Crippen LogP contribution in [0, 0.1) is 42.5 Å². The van der Waals surface area contributed by atoms with Gasteiger partial charge in [0.15, 0.2) is 0 Å². The Morgan fingerprint density at radius 3 is 1.88 bits per heavy atom. The Balaban J connectivity index is 0. The predicted molar refractivity (Wildman–Crippen MR) is 142 cm³/mol. The monoisotopic (exact) mass is 583 g/mol. The molecule has 0 unspecified atom stereocenters. The van der Waals surface area contributed by atoms with Gasteiger partial charge in [-0.3, -0.25) is 4.99 Å². The molecule has 0 saturated heterocycles. The van der Waals surface area contributed by atoms with Crippen LogP contribution in [0.15, 0.2) is 64.1 Å². The van der Waals surface area contributed by atoms with Crippen molar-refractivity contribution in [3.63, 3.8) is 0 Å². The van der Waals surface area contributed by atoms with Crippen molar-refractivity contribution >= 4 is 27.8 Å². The summed E-state index contributed by atoms with van der Waals surface area (Å²) in [6.45, 7) is 12.5. The summed E-state index contributed by atoms with van der Waals surface area (Å²) >= 11 is 3.47. The number of aliphatic imine (C=N–C) groups is 1. The van der Waals surface area contributed by atoms with E-state index >= 15 is 0 Å². The second-order valence-corrected chi connectivity index (χ2v) is 8.64. The average molecular weight is 584 g/mol. The molecule has 3 aromatic carbocycles. The van der Waals surface area contributed by atoms with Gasteiger partial charge >= 0.3 is 19.5 Å². The number of halogens is 1. The van der Waals surface area contributed by atoms with E-state index in [4.69, 9.17) is 0 Å². The van der Waals surface area contributed by atoms with E-state index in [-0.39, 0.29) is 34.3 Å². The molecule has 4 heteroatoms. The van der Waals surface area contributed by atoms with Crippen molar-refractivity contribution in [1.82, 2.24) is 0 Å². The van der Waals surface area contributed by atoms with Crippen LogP contribution in [0.3, 0.4) is 0 Å². The zero-order valence-electron chi connectivity index (χ0n) is 20.5. The van der Waals surface area contributed by atoms with Gasteiger partial charge in [-0.15, -0.1) is 0 Å². The van der Waals surface area contributed by atoms with Crippen LogP contribution < -0.4 is 0 Å². The van der Waals surface area contributed by atoms with Crippen molar-refractivity contribution in [2.45, 2.75) is 47.5 Å². The minimum Gasteiger partial charge on any atom is -0.507 e. The summed E-state index contributed by atoms with van der Waals surface area (Å²) in [7, 11) is 0. The molecule has 174 valence electrons. The number of hydrogen-bond donors (Lipinski definition) is 1. The molecule has 0 spiro atoms. The minimum absolute atomic E-state index is 0. The van der Waals surface area contributed by atoms with Crippen LogP contribution >= 0.6 is 15.9 Å². The van der Waals surface area contributed by atoms with Crippen LogP contribution in [0.1, 0.15) is 53.1 Å². The van der Waals surface area contributed by atoms with E-state index in [1.54, 1.807) is 6.21 Å². The van der Waals surface area contributed by atoms with E-state index in [1.165, 1.54) is 11.1 Å². The molecule has 32 heavy (non-hydrogen) atoms. The molecule has 0 bridgehead atoms. The molecule has 0 atom stereocenters. The molecule has 0 aliphatic heterocycles. The van der Waals surface area contributed by atoms with Crippen LogP contribution in [-0.4, -0.2) is 11.3 Å². The van der Waals surface area contributed by atoms with E-state index in [1.807, 2.05) is 51.1 Å². The third-order valence-electron chi connectivity index (χ3n) is 4.80. The molecule has 0 aliphatic carbocycles. The quantitative estimate of drug-likeness (QED) is 0.187. The van der Waals surface area contributed by atoms with Crippen molar-refractivity contribution < 1.29 is 24.6 Å². The fourth-order valence-electron chi connectivity index (χ4n) is 2.98. The van der Waals surface area contributed by atoms with Gasteiger partial charge in [0.1, 0.15) is 5.75 Å². The SMILES string of the molecule is Cc1ccc(C(C)C)cc1.Cc1cccc(C=Nc2c(C)cc(Br)cc2C)c1O.[CH3-].[CH3-].[Ru+2]. The molecule has 2 nitrogen and oxygen atoms in total. The van der Waals surface area contributed by atoms with Crippen LogP contribution in [0.4, 0.5) is 5.69 Å². The van der Waals surface area contributed by atoms with Gasteiger partial charge in [0, 0.05) is 16.3 Å². The normalized spacial score (nSPS) is 9.88. The number of aromatic hydroxyl groups is 1. The molecule has 0 fully saturated rings. The summed E-state index contributed by atoms with van der Waals surface area (Å²) < 4.78 is 1.06. The van der Waals surface area contributed by atoms with Gasteiger partial charge in [-0.25, -0.2) is 0 Å². The van der Waals surface area contributed by atoms with Gasteiger partial charge < -0.3 is 20.0 Å². The number of benzene rings is 3. The van der Waals surface area contributed by atoms with Crippen LogP contribution in [-0.2, 0) is 19.5 Å². The number of phenols is 1. The Labute approximate surface area is 217 Å². The largest absolute Gasteiger partial charge is 2.00 e. The topological polar surface area (TPSA) is 32.6 Å². The summed E-state index contributed by atoms with van der Waals surface area (Å²) in [4.78, 5) is 4.51. The number of nitrogens with zero attached hydrogens (tertiary/aromatic N) is 1. The summed E-state index contributed by atoms with van der Waals surface area (Å²) in [5.74, 6) is 0.944. The molecule has 0 aliphatic rings. The first-order chi connectivity index (χ1) is 13.7. The number of para-hydroxylation sites is 1. The van der Waals surface area contributed by atoms with E-state index in [0.717, 1.165) is 32.4 Å². The average Bonchev–Trinajstić information content (AvgIpc) is 2.65. The number of phenolic OH excluding ortho intramolecular Hbond substituents is 1. The molecule has 0 heterocycles. The molecule has 3 aromatic rings. The first-order valence-electron chi connectivity index (χ1n) is 9.85. The summed E-state index contributed by atoms with van der Waals surface area (Å²) in [5, 5.41) is 9.96. The third kappa shape index (κ3) is 9.39. The molecule has 0 amide bonds. The first-order valence-corrected chi connectivity index (χ1v) is 10.6. The van der Waals surface area contributed by atoms with Crippen molar-refractivity contribution in [2.75, 3.05) is 0 Å². The van der Waals surface area contributed by atoms with Crippen molar-refractivity contribution in [3.05, 3.63) is 107 Å². The minimum atomic E-state index is 0. The third-order valence-corrected chi connectivity index (χ3v) is 5.26. The molecule has 3 rings (SSSR count). The van der Waals surface area contributed by atoms with Crippen LogP contribution in [0.5, 0.6) is 5.75 Å². The van der Waals surface area contributed by atoms with Gasteiger partial charge in [0.2, 0.25) is 0 Å². The van der Waals surface area contributed by atoms with E-state index in [2.05, 4.69) is 66.0 Å².